The summed E-state index contributed by atoms with van der Waals surface area (Å²) >= 11 is 0. The maximum atomic E-state index is 10.5. The van der Waals surface area contributed by atoms with Gasteiger partial charge in [-0.25, -0.2) is 4.68 Å². The Hall–Kier alpha value is -2.50. The Morgan fingerprint density at radius 3 is 2.67 bits per heavy atom. The Kier molecular flexibility index (Phi) is 3.47. The molecule has 1 amide bonds. The number of rotatable bonds is 5. The molecule has 6 nitrogen and oxygen atoms in total. The molecule has 1 aromatic heterocycles. The topological polar surface area (TPSA) is 65.4 Å². The average molecular weight is 247 g/mol. The summed E-state index contributed by atoms with van der Waals surface area (Å²) in [6.45, 7) is 0. The van der Waals surface area contributed by atoms with Crippen LogP contribution in [0.5, 0.6) is 11.5 Å². The van der Waals surface area contributed by atoms with Crippen molar-refractivity contribution in [2.75, 3.05) is 19.5 Å². The van der Waals surface area contributed by atoms with Crippen molar-refractivity contribution in [2.45, 2.75) is 0 Å². The van der Waals surface area contributed by atoms with Crippen molar-refractivity contribution in [1.29, 1.82) is 0 Å². The molecule has 18 heavy (non-hydrogen) atoms. The van der Waals surface area contributed by atoms with Crippen LogP contribution in [-0.4, -0.2) is 30.4 Å². The van der Waals surface area contributed by atoms with Crippen LogP contribution < -0.4 is 14.8 Å². The molecule has 0 aliphatic carbocycles. The van der Waals surface area contributed by atoms with E-state index >= 15 is 0 Å². The van der Waals surface area contributed by atoms with Crippen LogP contribution in [0, 0.1) is 0 Å². The number of hydrogen-bond donors (Lipinski definition) is 1. The van der Waals surface area contributed by atoms with E-state index in [4.69, 9.17) is 9.47 Å². The van der Waals surface area contributed by atoms with E-state index < -0.39 is 0 Å². The van der Waals surface area contributed by atoms with E-state index in [0.717, 1.165) is 5.69 Å². The molecule has 0 fully saturated rings. The Morgan fingerprint density at radius 2 is 2.00 bits per heavy atom. The van der Waals surface area contributed by atoms with Gasteiger partial charge in [-0.1, -0.05) is 0 Å². The number of ether oxygens (including phenoxy) is 2. The molecule has 1 aromatic carbocycles. The summed E-state index contributed by atoms with van der Waals surface area (Å²) in [5, 5.41) is 6.70. The van der Waals surface area contributed by atoms with E-state index in [0.29, 0.717) is 23.7 Å². The first-order chi connectivity index (χ1) is 8.80. The minimum absolute atomic E-state index is 0.581. The van der Waals surface area contributed by atoms with Crippen LogP contribution in [-0.2, 0) is 4.79 Å². The van der Waals surface area contributed by atoms with Crippen LogP contribution in [0.4, 0.5) is 5.82 Å². The van der Waals surface area contributed by atoms with E-state index in [1.807, 2.05) is 6.07 Å². The third-order valence-electron chi connectivity index (χ3n) is 2.46. The van der Waals surface area contributed by atoms with Crippen molar-refractivity contribution in [3.63, 3.8) is 0 Å². The Morgan fingerprint density at radius 1 is 1.22 bits per heavy atom. The Labute approximate surface area is 104 Å². The van der Waals surface area contributed by atoms with Gasteiger partial charge in [-0.15, -0.1) is 0 Å². The largest absolute Gasteiger partial charge is 0.493 e. The number of anilines is 1. The number of nitrogens with one attached hydrogen (secondary N) is 1. The molecule has 0 saturated heterocycles. The summed E-state index contributed by atoms with van der Waals surface area (Å²) in [6.07, 6.45) is 2.21. The summed E-state index contributed by atoms with van der Waals surface area (Å²) in [7, 11) is 3.14. The van der Waals surface area contributed by atoms with Gasteiger partial charge in [-0.3, -0.25) is 4.79 Å². The van der Waals surface area contributed by atoms with E-state index in [-0.39, 0.29) is 0 Å². The molecule has 1 N–H and O–H groups in total. The van der Waals surface area contributed by atoms with Gasteiger partial charge in [0.15, 0.2) is 11.5 Å². The van der Waals surface area contributed by atoms with Gasteiger partial charge < -0.3 is 14.8 Å². The number of nitrogens with zero attached hydrogens (tertiary/aromatic N) is 2. The van der Waals surface area contributed by atoms with Crippen molar-refractivity contribution in [3.05, 3.63) is 30.5 Å². The van der Waals surface area contributed by atoms with Crippen LogP contribution in [0.25, 0.3) is 5.69 Å². The zero-order valence-electron chi connectivity index (χ0n) is 10.1. The SMILES string of the molecule is COc1ccc(-n2nccc2NC=O)cc1OC. The number of carbonyl (C=O) groups excluding carboxylic acids is 1. The zero-order chi connectivity index (χ0) is 13.0. The highest BCUT2D eigenvalue weighted by Gasteiger charge is 2.08. The van der Waals surface area contributed by atoms with Gasteiger partial charge in [0.05, 0.1) is 26.1 Å². The van der Waals surface area contributed by atoms with E-state index in [1.54, 1.807) is 43.3 Å². The maximum Gasteiger partial charge on any atom is 0.212 e. The third-order valence-corrected chi connectivity index (χ3v) is 2.46. The number of methoxy groups -OCH3 is 2. The second-order valence-electron chi connectivity index (χ2n) is 3.43. The minimum Gasteiger partial charge on any atom is -0.493 e. The number of carbonyl (C=O) groups is 1. The van der Waals surface area contributed by atoms with Crippen LogP contribution >= 0.6 is 0 Å². The van der Waals surface area contributed by atoms with Gasteiger partial charge in [0.1, 0.15) is 5.82 Å². The van der Waals surface area contributed by atoms with E-state index in [2.05, 4.69) is 10.4 Å². The lowest BCUT2D eigenvalue weighted by Crippen LogP contribution is -2.04. The molecular weight excluding hydrogens is 234 g/mol. The van der Waals surface area contributed by atoms with Crippen molar-refractivity contribution in [3.8, 4) is 17.2 Å². The molecule has 0 spiro atoms. The van der Waals surface area contributed by atoms with Crippen molar-refractivity contribution < 1.29 is 14.3 Å². The predicted molar refractivity (Wildman–Crippen MR) is 66.4 cm³/mol. The van der Waals surface area contributed by atoms with Gasteiger partial charge in [0, 0.05) is 12.1 Å². The molecule has 0 aliphatic rings. The zero-order valence-corrected chi connectivity index (χ0v) is 10.1. The summed E-state index contributed by atoms with van der Waals surface area (Å²) in [4.78, 5) is 10.5. The summed E-state index contributed by atoms with van der Waals surface area (Å²) < 4.78 is 12.0. The highest BCUT2D eigenvalue weighted by molar-refractivity contribution is 5.70. The molecule has 0 atom stereocenters. The first-order valence-corrected chi connectivity index (χ1v) is 5.26. The van der Waals surface area contributed by atoms with Gasteiger partial charge >= 0.3 is 0 Å². The lowest BCUT2D eigenvalue weighted by atomic mass is 10.3. The van der Waals surface area contributed by atoms with E-state index in [1.165, 1.54) is 0 Å². The van der Waals surface area contributed by atoms with Gasteiger partial charge in [0.25, 0.3) is 0 Å². The van der Waals surface area contributed by atoms with E-state index in [9.17, 15) is 4.79 Å². The van der Waals surface area contributed by atoms with Gasteiger partial charge in [-0.2, -0.15) is 5.10 Å². The number of aromatic nitrogens is 2. The molecule has 1 heterocycles. The highest BCUT2D eigenvalue weighted by Crippen LogP contribution is 2.29. The minimum atomic E-state index is 0.581. The second-order valence-corrected chi connectivity index (χ2v) is 3.43. The maximum absolute atomic E-state index is 10.5. The first-order valence-electron chi connectivity index (χ1n) is 5.26. The number of hydrogen-bond acceptors (Lipinski definition) is 4. The summed E-state index contributed by atoms with van der Waals surface area (Å²) in [6, 6.07) is 7.08. The molecule has 6 heteroatoms. The summed E-state index contributed by atoms with van der Waals surface area (Å²) in [5.74, 6) is 1.82. The average Bonchev–Trinajstić information content (AvgIpc) is 2.86. The third kappa shape index (κ3) is 2.13. The quantitative estimate of drug-likeness (QED) is 0.812. The number of amides is 1. The lowest BCUT2D eigenvalue weighted by Gasteiger charge is -2.11. The van der Waals surface area contributed by atoms with Crippen LogP contribution in [0.15, 0.2) is 30.5 Å². The molecule has 2 aromatic rings. The first kappa shape index (κ1) is 12.0. The van der Waals surface area contributed by atoms with Gasteiger partial charge in [-0.05, 0) is 12.1 Å². The van der Waals surface area contributed by atoms with Crippen LogP contribution in [0.1, 0.15) is 0 Å². The molecule has 0 radical (unpaired) electrons. The monoisotopic (exact) mass is 247 g/mol. The molecule has 0 saturated carbocycles. The van der Waals surface area contributed by atoms with Crippen LogP contribution in [0.2, 0.25) is 0 Å². The molecule has 0 aliphatic heterocycles. The highest BCUT2D eigenvalue weighted by atomic mass is 16.5. The Bertz CT molecular complexity index is 551. The molecule has 0 unspecified atom stereocenters. The molecule has 0 bridgehead atoms. The van der Waals surface area contributed by atoms with Crippen molar-refractivity contribution >= 4 is 12.2 Å². The predicted octanol–water partition coefficient (Wildman–Crippen LogP) is 1.46. The van der Waals surface area contributed by atoms with Crippen molar-refractivity contribution in [1.82, 2.24) is 9.78 Å². The fourth-order valence-corrected chi connectivity index (χ4v) is 1.64. The fourth-order valence-electron chi connectivity index (χ4n) is 1.64. The van der Waals surface area contributed by atoms with Crippen LogP contribution in [0.3, 0.4) is 0 Å². The molecular formula is C12H13N3O3. The number of benzene rings is 1. The molecule has 2 rings (SSSR count). The lowest BCUT2D eigenvalue weighted by molar-refractivity contribution is -0.105. The second kappa shape index (κ2) is 5.22. The molecule has 94 valence electrons. The van der Waals surface area contributed by atoms with Crippen molar-refractivity contribution in [2.24, 2.45) is 0 Å². The Balaban J connectivity index is 2.44. The standard InChI is InChI=1S/C12H13N3O3/c1-17-10-4-3-9(7-11(10)18-2)15-12(13-8-16)5-6-14-15/h3-8H,1-2H3,(H,13,16). The summed E-state index contributed by atoms with van der Waals surface area (Å²) in [5.41, 5.74) is 0.766. The smallest absolute Gasteiger partial charge is 0.212 e. The van der Waals surface area contributed by atoms with Gasteiger partial charge in [0.2, 0.25) is 6.41 Å². The fraction of sp³-hybridized carbons (Fsp3) is 0.167. The normalized spacial score (nSPS) is 9.89.